The average Bonchev–Trinajstić information content (AvgIpc) is 3.20. The van der Waals surface area contributed by atoms with E-state index in [2.05, 4.69) is 17.1 Å². The Bertz CT molecular complexity index is 980. The zero-order valence-electron chi connectivity index (χ0n) is 16.0. The third kappa shape index (κ3) is 4.60. The zero-order valence-corrected chi connectivity index (χ0v) is 17.7. The van der Waals surface area contributed by atoms with Crippen molar-refractivity contribution in [3.63, 3.8) is 0 Å². The Hall–Kier alpha value is -1.67. The van der Waals surface area contributed by atoms with Crippen LogP contribution in [0.1, 0.15) is 44.9 Å². The second-order valence-corrected chi connectivity index (χ2v) is 10.4. The van der Waals surface area contributed by atoms with Gasteiger partial charge in [0.25, 0.3) is 5.22 Å². The van der Waals surface area contributed by atoms with Crippen LogP contribution in [-0.4, -0.2) is 41.7 Å². The van der Waals surface area contributed by atoms with Crippen molar-refractivity contribution < 1.29 is 17.6 Å². The molecule has 1 aliphatic rings. The van der Waals surface area contributed by atoms with Crippen LogP contribution in [0.15, 0.2) is 15.7 Å². The first-order chi connectivity index (χ1) is 12.7. The lowest BCUT2D eigenvalue weighted by Crippen LogP contribution is -2.08. The highest BCUT2D eigenvalue weighted by Gasteiger charge is 2.29. The number of ketones is 1. The van der Waals surface area contributed by atoms with Gasteiger partial charge in [-0.2, -0.15) is 0 Å². The molecule has 1 aromatic carbocycles. The molecule has 1 saturated heterocycles. The molecule has 1 unspecified atom stereocenters. The van der Waals surface area contributed by atoms with Crippen LogP contribution in [-0.2, 0) is 16.3 Å². The molecule has 1 atom stereocenters. The van der Waals surface area contributed by atoms with Gasteiger partial charge >= 0.3 is 0 Å². The predicted molar refractivity (Wildman–Crippen MR) is 105 cm³/mol. The van der Waals surface area contributed by atoms with E-state index in [1.165, 1.54) is 17.3 Å². The molecular formula is C19H24N2O4S2. The largest absolute Gasteiger partial charge is 0.416 e. The maximum Gasteiger partial charge on any atom is 0.277 e. The first kappa shape index (κ1) is 20.1. The molecular weight excluding hydrogens is 384 g/mol. The summed E-state index contributed by atoms with van der Waals surface area (Å²) in [6.07, 6.45) is 1.10. The van der Waals surface area contributed by atoms with E-state index in [0.717, 1.165) is 22.3 Å². The summed E-state index contributed by atoms with van der Waals surface area (Å²) < 4.78 is 28.7. The Balaban J connectivity index is 1.61. The van der Waals surface area contributed by atoms with Crippen LogP contribution in [0, 0.1) is 33.6 Å². The summed E-state index contributed by atoms with van der Waals surface area (Å²) in [6.45, 7) is 8.09. The molecule has 8 heteroatoms. The molecule has 1 aliphatic heterocycles. The van der Waals surface area contributed by atoms with Crippen molar-refractivity contribution >= 4 is 27.4 Å². The number of Topliss-reactive ketones (excluding diaryl/α,β-unsaturated/α-hetero) is 1. The Morgan fingerprint density at radius 1 is 1.19 bits per heavy atom. The number of thioether (sulfide) groups is 1. The highest BCUT2D eigenvalue weighted by molar-refractivity contribution is 7.99. The molecule has 2 heterocycles. The number of nitrogens with zero attached hydrogens (tertiary/aromatic N) is 2. The second-order valence-electron chi connectivity index (χ2n) is 7.26. The Morgan fingerprint density at radius 2 is 1.93 bits per heavy atom. The van der Waals surface area contributed by atoms with Crippen LogP contribution >= 0.6 is 11.8 Å². The number of hydrogen-bond donors (Lipinski definition) is 0. The fourth-order valence-corrected chi connectivity index (χ4v) is 5.89. The van der Waals surface area contributed by atoms with E-state index in [0.29, 0.717) is 24.0 Å². The summed E-state index contributed by atoms with van der Waals surface area (Å²) in [7, 11) is -2.91. The van der Waals surface area contributed by atoms with Crippen LogP contribution < -0.4 is 0 Å². The monoisotopic (exact) mass is 408 g/mol. The normalized spacial score (nSPS) is 18.7. The van der Waals surface area contributed by atoms with Gasteiger partial charge in [-0.25, -0.2) is 8.42 Å². The maximum absolute atomic E-state index is 12.6. The van der Waals surface area contributed by atoms with Crippen molar-refractivity contribution in [1.82, 2.24) is 10.2 Å². The van der Waals surface area contributed by atoms with E-state index in [-0.39, 0.29) is 29.0 Å². The standard InChI is InChI=1S/C19H24N2O4S2/c1-11-7-16(14(4)13(3)12(11)2)17(22)9-26-19-21-20-18(25-19)8-15-5-6-27(23,24)10-15/h7,15H,5-6,8-10H2,1-4H3. The summed E-state index contributed by atoms with van der Waals surface area (Å²) in [4.78, 5) is 12.6. The van der Waals surface area contributed by atoms with Crippen molar-refractivity contribution in [1.29, 1.82) is 0 Å². The SMILES string of the molecule is Cc1cc(C(=O)CSc2nnc(CC3CCS(=O)(=O)C3)o2)c(C)c(C)c1C. The third-order valence-corrected chi connectivity index (χ3v) is 8.00. The van der Waals surface area contributed by atoms with Gasteiger partial charge in [-0.05, 0) is 68.4 Å². The summed E-state index contributed by atoms with van der Waals surface area (Å²) in [5.41, 5.74) is 5.22. The molecule has 2 aromatic rings. The molecule has 27 heavy (non-hydrogen) atoms. The van der Waals surface area contributed by atoms with E-state index in [1.54, 1.807) is 0 Å². The molecule has 0 amide bonds. The number of aryl methyl sites for hydroxylation is 1. The lowest BCUT2D eigenvalue weighted by molar-refractivity contribution is 0.102. The Kier molecular flexibility index (Phi) is 5.76. The second kappa shape index (κ2) is 7.75. The first-order valence-corrected chi connectivity index (χ1v) is 11.7. The number of carbonyl (C=O) groups excluding carboxylic acids is 1. The Morgan fingerprint density at radius 3 is 2.59 bits per heavy atom. The average molecular weight is 409 g/mol. The number of hydrogen-bond acceptors (Lipinski definition) is 7. The highest BCUT2D eigenvalue weighted by atomic mass is 32.2. The maximum atomic E-state index is 12.6. The van der Waals surface area contributed by atoms with Crippen molar-refractivity contribution in [2.75, 3.05) is 17.3 Å². The van der Waals surface area contributed by atoms with E-state index in [9.17, 15) is 13.2 Å². The van der Waals surface area contributed by atoms with Gasteiger partial charge in [0.1, 0.15) is 0 Å². The fraction of sp³-hybridized carbons (Fsp3) is 0.526. The molecule has 3 rings (SSSR count). The molecule has 0 aliphatic carbocycles. The summed E-state index contributed by atoms with van der Waals surface area (Å²) >= 11 is 1.22. The van der Waals surface area contributed by atoms with Gasteiger partial charge in [-0.15, -0.1) is 10.2 Å². The van der Waals surface area contributed by atoms with Crippen molar-refractivity contribution in [3.8, 4) is 0 Å². The van der Waals surface area contributed by atoms with E-state index >= 15 is 0 Å². The van der Waals surface area contributed by atoms with Crippen molar-refractivity contribution in [2.24, 2.45) is 5.92 Å². The molecule has 0 radical (unpaired) electrons. The van der Waals surface area contributed by atoms with Crippen LogP contribution in [0.4, 0.5) is 0 Å². The number of sulfone groups is 1. The lowest BCUT2D eigenvalue weighted by Gasteiger charge is -2.13. The summed E-state index contributed by atoms with van der Waals surface area (Å²) in [5.74, 6) is 1.15. The predicted octanol–water partition coefficient (Wildman–Crippen LogP) is 3.26. The quantitative estimate of drug-likeness (QED) is 0.535. The number of carbonyl (C=O) groups is 1. The van der Waals surface area contributed by atoms with Gasteiger partial charge in [0, 0.05) is 12.0 Å². The summed E-state index contributed by atoms with van der Waals surface area (Å²) in [6, 6.07) is 1.94. The topological polar surface area (TPSA) is 90.1 Å². The third-order valence-electron chi connectivity index (χ3n) is 5.35. The van der Waals surface area contributed by atoms with E-state index in [1.807, 2.05) is 26.8 Å². The van der Waals surface area contributed by atoms with Gasteiger partial charge in [-0.3, -0.25) is 4.79 Å². The molecule has 0 N–H and O–H groups in total. The highest BCUT2D eigenvalue weighted by Crippen LogP contribution is 2.26. The minimum Gasteiger partial charge on any atom is -0.416 e. The number of aromatic nitrogens is 2. The zero-order chi connectivity index (χ0) is 19.8. The smallest absolute Gasteiger partial charge is 0.277 e. The summed E-state index contributed by atoms with van der Waals surface area (Å²) in [5, 5.41) is 8.31. The molecule has 0 spiro atoms. The first-order valence-electron chi connectivity index (χ1n) is 8.92. The van der Waals surface area contributed by atoms with Gasteiger partial charge in [0.15, 0.2) is 15.6 Å². The molecule has 1 fully saturated rings. The van der Waals surface area contributed by atoms with Gasteiger partial charge in [-0.1, -0.05) is 11.8 Å². The molecule has 1 aromatic heterocycles. The Labute approximate surface area is 164 Å². The van der Waals surface area contributed by atoms with Gasteiger partial charge in [0.2, 0.25) is 5.89 Å². The van der Waals surface area contributed by atoms with Crippen LogP contribution in [0.25, 0.3) is 0 Å². The minimum absolute atomic E-state index is 0.0327. The lowest BCUT2D eigenvalue weighted by atomic mass is 9.93. The minimum atomic E-state index is -2.91. The molecule has 146 valence electrons. The van der Waals surface area contributed by atoms with Crippen LogP contribution in [0.3, 0.4) is 0 Å². The van der Waals surface area contributed by atoms with E-state index in [4.69, 9.17) is 4.42 Å². The van der Waals surface area contributed by atoms with Gasteiger partial charge < -0.3 is 4.42 Å². The fourth-order valence-electron chi connectivity index (χ4n) is 3.37. The molecule has 6 nitrogen and oxygen atoms in total. The van der Waals surface area contributed by atoms with Crippen molar-refractivity contribution in [3.05, 3.63) is 39.8 Å². The number of benzene rings is 1. The molecule has 0 bridgehead atoms. The molecule has 0 saturated carbocycles. The van der Waals surface area contributed by atoms with Gasteiger partial charge in [0.05, 0.1) is 17.3 Å². The van der Waals surface area contributed by atoms with Crippen LogP contribution in [0.5, 0.6) is 0 Å². The van der Waals surface area contributed by atoms with Crippen molar-refractivity contribution in [2.45, 2.75) is 45.8 Å². The van der Waals surface area contributed by atoms with E-state index < -0.39 is 9.84 Å². The number of rotatable bonds is 6. The van der Waals surface area contributed by atoms with Crippen LogP contribution in [0.2, 0.25) is 0 Å².